The number of benzene rings is 3. The number of carboxylic acid groups (broad SMARTS) is 1. The zero-order valence-electron chi connectivity index (χ0n) is 35.4. The van der Waals surface area contributed by atoms with E-state index >= 15 is 0 Å². The fraction of sp³-hybridized carbons (Fsp3) is 0.533. The average Bonchev–Trinajstić information content (AvgIpc) is 3.11. The molecule has 0 aliphatic carbocycles. The van der Waals surface area contributed by atoms with Crippen LogP contribution in [0.3, 0.4) is 0 Å². The number of hydrogen-bond acceptors (Lipinski definition) is 9. The molecule has 10 nitrogen and oxygen atoms in total. The minimum atomic E-state index is -1.10. The first-order chi connectivity index (χ1) is 25.5. The fourth-order valence-corrected chi connectivity index (χ4v) is 5.50. The van der Waals surface area contributed by atoms with E-state index < -0.39 is 5.97 Å². The second kappa shape index (κ2) is 20.7. The maximum atomic E-state index is 13.5. The monoisotopic (exact) mass is 816 g/mol. The first-order valence-corrected chi connectivity index (χ1v) is 19.0. The largest absolute Gasteiger partial charge is 2.00 e. The van der Waals surface area contributed by atoms with E-state index in [1.165, 1.54) is 24.6 Å². The van der Waals surface area contributed by atoms with Crippen LogP contribution >= 0.6 is 0 Å². The Hall–Kier alpha value is -3.60. The number of carboxylic acids is 1. The van der Waals surface area contributed by atoms with Gasteiger partial charge in [0.1, 0.15) is 0 Å². The minimum absolute atomic E-state index is 0. The number of ether oxygens (including phenoxy) is 4. The van der Waals surface area contributed by atoms with E-state index in [1.807, 2.05) is 65.8 Å². The summed E-state index contributed by atoms with van der Waals surface area (Å²) in [6.45, 7) is 30.8. The third kappa shape index (κ3) is 14.7. The third-order valence-corrected chi connectivity index (χ3v) is 8.98. The van der Waals surface area contributed by atoms with Gasteiger partial charge >= 0.3 is 22.5 Å². The Kier molecular flexibility index (Phi) is 18.0. The van der Waals surface area contributed by atoms with Crippen LogP contribution in [0, 0.1) is 0 Å². The van der Waals surface area contributed by atoms with Gasteiger partial charge in [-0.25, -0.2) is 4.79 Å². The molecule has 1 N–H and O–H groups in total. The minimum Gasteiger partial charge on any atom is -0.872 e. The smallest absolute Gasteiger partial charge is 0.872 e. The Balaban J connectivity index is 0.000000703. The van der Waals surface area contributed by atoms with Gasteiger partial charge in [-0.15, -0.1) is 0 Å². The van der Waals surface area contributed by atoms with E-state index in [-0.39, 0.29) is 60.9 Å². The van der Waals surface area contributed by atoms with Gasteiger partial charge in [0.15, 0.2) is 0 Å². The molecule has 3 aromatic rings. The summed E-state index contributed by atoms with van der Waals surface area (Å²) in [7, 11) is 0. The van der Waals surface area contributed by atoms with Gasteiger partial charge in [-0.1, -0.05) is 119 Å². The van der Waals surface area contributed by atoms with Crippen molar-refractivity contribution < 1.29 is 55.6 Å². The number of aromatic carboxylic acids is 1. The van der Waals surface area contributed by atoms with Gasteiger partial charge in [-0.05, 0) is 73.2 Å². The first-order valence-electron chi connectivity index (χ1n) is 19.0. The van der Waals surface area contributed by atoms with E-state index in [2.05, 4.69) is 51.5 Å². The van der Waals surface area contributed by atoms with E-state index in [1.54, 1.807) is 6.07 Å². The van der Waals surface area contributed by atoms with Gasteiger partial charge in [0.2, 0.25) is 0 Å². The van der Waals surface area contributed by atoms with Crippen molar-refractivity contribution in [3.05, 3.63) is 81.4 Å². The SMILES string of the molecule is C1COCCO1.C1COCCO1.CC(C)(C)c1cc(C=Nc2ccc(C(=O)O)cc2N=Cc2cc(C(C)(C)C)cc(C(C)(C)C)c2[O-])c([O-])c(C(C)(C)C)c1.[Ni+2]. The van der Waals surface area contributed by atoms with Crippen molar-refractivity contribution in [3.8, 4) is 11.5 Å². The molecule has 0 radical (unpaired) electrons. The molecular formula is C45H62N2NiO8. The predicted octanol–water partition coefficient (Wildman–Crippen LogP) is 8.29. The second-order valence-electron chi connectivity index (χ2n) is 17.9. The Bertz CT molecular complexity index is 1770. The van der Waals surface area contributed by atoms with Crippen molar-refractivity contribution in [1.82, 2.24) is 0 Å². The molecule has 2 heterocycles. The topological polar surface area (TPSA) is 145 Å². The number of hydrogen-bond donors (Lipinski definition) is 1. The molecular weight excluding hydrogens is 755 g/mol. The number of rotatable bonds is 5. The molecule has 5 rings (SSSR count). The maximum Gasteiger partial charge on any atom is 2.00 e. The van der Waals surface area contributed by atoms with Crippen LogP contribution in [0.25, 0.3) is 0 Å². The van der Waals surface area contributed by atoms with Crippen molar-refractivity contribution in [1.29, 1.82) is 0 Å². The average molecular weight is 818 g/mol. The quantitative estimate of drug-likeness (QED) is 0.200. The second-order valence-corrected chi connectivity index (χ2v) is 17.9. The Labute approximate surface area is 344 Å². The van der Waals surface area contributed by atoms with Crippen LogP contribution in [0.4, 0.5) is 11.4 Å². The summed E-state index contributed by atoms with van der Waals surface area (Å²) in [5.74, 6) is -1.31. The molecule has 2 fully saturated rings. The van der Waals surface area contributed by atoms with Gasteiger partial charge in [0.05, 0.1) is 69.8 Å². The van der Waals surface area contributed by atoms with Gasteiger partial charge in [-0.3, -0.25) is 9.98 Å². The summed E-state index contributed by atoms with van der Waals surface area (Å²) in [6, 6.07) is 12.1. The Morgan fingerprint density at radius 2 is 0.893 bits per heavy atom. The van der Waals surface area contributed by atoms with Crippen molar-refractivity contribution in [2.24, 2.45) is 9.98 Å². The standard InChI is InChI=1S/C37H48N2O4.2C4H8O2.Ni/c1-34(2,3)25-15-23(31(40)27(18-25)36(7,8)9)20-38-29-14-13-22(33(42)43)17-30(29)39-21-24-16-26(35(4,5)6)19-28(32(24)41)37(10,11)12;2*1-2-6-4-3-5-1;/h13-21,40-41H,1-12H3,(H,42,43);2*1-4H2;/q;;;+2/p-2. The Morgan fingerprint density at radius 1 is 0.554 bits per heavy atom. The van der Waals surface area contributed by atoms with Gasteiger partial charge < -0.3 is 34.3 Å². The van der Waals surface area contributed by atoms with Crippen molar-refractivity contribution in [2.75, 3.05) is 52.9 Å². The van der Waals surface area contributed by atoms with Crippen LogP contribution in [-0.2, 0) is 57.1 Å². The summed E-state index contributed by atoms with van der Waals surface area (Å²) in [6.07, 6.45) is 3.02. The van der Waals surface area contributed by atoms with Crippen molar-refractivity contribution in [3.63, 3.8) is 0 Å². The van der Waals surface area contributed by atoms with Crippen LogP contribution in [0.5, 0.6) is 11.5 Å². The molecule has 0 bridgehead atoms. The zero-order chi connectivity index (χ0) is 41.2. The van der Waals surface area contributed by atoms with E-state index in [0.29, 0.717) is 27.9 Å². The van der Waals surface area contributed by atoms with Gasteiger partial charge in [0, 0.05) is 12.4 Å². The number of nitrogens with zero attached hydrogens (tertiary/aromatic N) is 2. The summed E-state index contributed by atoms with van der Waals surface area (Å²) >= 11 is 0. The molecule has 2 saturated heterocycles. The molecule has 0 atom stereocenters. The molecule has 3 aromatic carbocycles. The van der Waals surface area contributed by atoms with Crippen LogP contribution < -0.4 is 10.2 Å². The summed E-state index contributed by atoms with van der Waals surface area (Å²) < 4.78 is 19.8. The molecule has 310 valence electrons. The zero-order valence-corrected chi connectivity index (χ0v) is 36.4. The van der Waals surface area contributed by atoms with E-state index in [9.17, 15) is 20.1 Å². The molecule has 11 heteroatoms. The summed E-state index contributed by atoms with van der Waals surface area (Å²) in [5.41, 5.74) is 3.89. The molecule has 2 aliphatic rings. The van der Waals surface area contributed by atoms with Crippen molar-refractivity contribution in [2.45, 2.75) is 105 Å². The van der Waals surface area contributed by atoms with Crippen LogP contribution in [-0.4, -0.2) is 76.4 Å². The molecule has 0 saturated carbocycles. The van der Waals surface area contributed by atoms with Gasteiger partial charge in [-0.2, -0.15) is 0 Å². The fourth-order valence-electron chi connectivity index (χ4n) is 5.50. The summed E-state index contributed by atoms with van der Waals surface area (Å²) in [5, 5.41) is 36.6. The first kappa shape index (κ1) is 48.6. The number of carbonyl (C=O) groups is 1. The maximum absolute atomic E-state index is 13.5. The summed E-state index contributed by atoms with van der Waals surface area (Å²) in [4.78, 5) is 21.0. The van der Waals surface area contributed by atoms with Crippen LogP contribution in [0.15, 0.2) is 52.4 Å². The van der Waals surface area contributed by atoms with Gasteiger partial charge in [0.25, 0.3) is 0 Å². The normalized spacial score (nSPS) is 15.4. The molecule has 2 aliphatic heterocycles. The van der Waals surface area contributed by atoms with Crippen molar-refractivity contribution >= 4 is 29.8 Å². The molecule has 0 unspecified atom stereocenters. The molecule has 0 amide bonds. The van der Waals surface area contributed by atoms with Crippen LogP contribution in [0.1, 0.15) is 127 Å². The third-order valence-electron chi connectivity index (χ3n) is 8.98. The molecule has 56 heavy (non-hydrogen) atoms. The number of aliphatic imine (C=N–C) groups is 2. The Morgan fingerprint density at radius 3 is 1.18 bits per heavy atom. The molecule has 0 spiro atoms. The van der Waals surface area contributed by atoms with Crippen LogP contribution in [0.2, 0.25) is 0 Å². The van der Waals surface area contributed by atoms with E-state index in [4.69, 9.17) is 18.9 Å². The predicted molar refractivity (Wildman–Crippen MR) is 218 cm³/mol. The van der Waals surface area contributed by atoms with E-state index in [0.717, 1.165) is 64.0 Å². The molecule has 0 aromatic heterocycles.